The van der Waals surface area contributed by atoms with Crippen molar-refractivity contribution in [1.29, 1.82) is 0 Å². The van der Waals surface area contributed by atoms with Gasteiger partial charge in [-0.2, -0.15) is 0 Å². The van der Waals surface area contributed by atoms with Gasteiger partial charge in [0.2, 0.25) is 10.0 Å². The normalized spacial score (nSPS) is 11.3. The molecular weight excluding hydrogens is 412 g/mol. The number of primary sulfonamides is 1. The van der Waals surface area contributed by atoms with Crippen LogP contribution in [-0.2, 0) is 16.6 Å². The summed E-state index contributed by atoms with van der Waals surface area (Å²) in [5, 5.41) is 8.01. The molecule has 3 aromatic carbocycles. The number of nitrogens with two attached hydrogens (primary N) is 1. The number of nitrogens with one attached hydrogen (secondary N) is 1. The third-order valence-electron chi connectivity index (χ3n) is 4.81. The molecule has 4 aromatic rings. The Morgan fingerprint density at radius 3 is 2.19 bits per heavy atom. The van der Waals surface area contributed by atoms with Crippen molar-refractivity contribution < 1.29 is 17.6 Å². The summed E-state index contributed by atoms with van der Waals surface area (Å²) in [5.74, 6) is 0.945. The summed E-state index contributed by atoms with van der Waals surface area (Å²) in [6, 6.07) is 26.8. The number of amides is 1. The van der Waals surface area contributed by atoms with Gasteiger partial charge < -0.3 is 9.73 Å². The maximum absolute atomic E-state index is 12.8. The fourth-order valence-corrected chi connectivity index (χ4v) is 3.77. The van der Waals surface area contributed by atoms with Gasteiger partial charge in [0.05, 0.1) is 11.4 Å². The first-order chi connectivity index (χ1) is 14.9. The molecule has 0 aliphatic heterocycles. The van der Waals surface area contributed by atoms with E-state index >= 15 is 0 Å². The second kappa shape index (κ2) is 8.59. The van der Waals surface area contributed by atoms with E-state index in [9.17, 15) is 13.2 Å². The van der Waals surface area contributed by atoms with Crippen molar-refractivity contribution in [2.45, 2.75) is 11.4 Å². The third-order valence-corrected chi connectivity index (χ3v) is 5.74. The molecule has 0 fully saturated rings. The first-order valence-corrected chi connectivity index (χ1v) is 11.1. The van der Waals surface area contributed by atoms with Gasteiger partial charge in [-0.25, -0.2) is 13.6 Å². The fraction of sp³-hybridized carbons (Fsp3) is 0.0417. The highest BCUT2D eigenvalue weighted by atomic mass is 32.2. The lowest BCUT2D eigenvalue weighted by molar-refractivity contribution is 0.0948. The Hall–Kier alpha value is -3.68. The van der Waals surface area contributed by atoms with Crippen LogP contribution < -0.4 is 10.5 Å². The summed E-state index contributed by atoms with van der Waals surface area (Å²) in [7, 11) is -3.74. The molecule has 0 atom stereocenters. The number of hydrogen-bond donors (Lipinski definition) is 2. The van der Waals surface area contributed by atoms with Crippen molar-refractivity contribution in [2.24, 2.45) is 5.14 Å². The van der Waals surface area contributed by atoms with Crippen LogP contribution in [0.15, 0.2) is 100 Å². The molecule has 4 rings (SSSR count). The highest BCUT2D eigenvalue weighted by molar-refractivity contribution is 7.89. The van der Waals surface area contributed by atoms with Gasteiger partial charge in [0.15, 0.2) is 0 Å². The van der Waals surface area contributed by atoms with Crippen molar-refractivity contribution in [3.8, 4) is 22.5 Å². The van der Waals surface area contributed by atoms with Gasteiger partial charge >= 0.3 is 0 Å². The molecule has 0 aliphatic rings. The number of carbonyl (C=O) groups excluding carboxylic acids is 1. The van der Waals surface area contributed by atoms with E-state index in [0.717, 1.165) is 11.1 Å². The van der Waals surface area contributed by atoms with Gasteiger partial charge in [0, 0.05) is 11.1 Å². The molecule has 3 N–H and O–H groups in total. The van der Waals surface area contributed by atoms with Crippen LogP contribution in [0.3, 0.4) is 0 Å². The zero-order chi connectivity index (χ0) is 21.8. The summed E-state index contributed by atoms with van der Waals surface area (Å²) in [6.45, 7) is 0.219. The zero-order valence-corrected chi connectivity index (χ0v) is 17.3. The van der Waals surface area contributed by atoms with Crippen LogP contribution in [0.4, 0.5) is 0 Å². The molecule has 1 heterocycles. The number of benzene rings is 3. The van der Waals surface area contributed by atoms with E-state index in [-0.39, 0.29) is 17.3 Å². The second-order valence-corrected chi connectivity index (χ2v) is 8.49. The minimum atomic E-state index is -3.74. The van der Waals surface area contributed by atoms with Crippen molar-refractivity contribution in [1.82, 2.24) is 5.32 Å². The molecule has 1 aromatic heterocycles. The summed E-state index contributed by atoms with van der Waals surface area (Å²) < 4.78 is 28.6. The Morgan fingerprint density at radius 1 is 0.806 bits per heavy atom. The van der Waals surface area contributed by atoms with E-state index in [0.29, 0.717) is 22.6 Å². The Balaban J connectivity index is 1.47. The Kier molecular flexibility index (Phi) is 5.70. The van der Waals surface area contributed by atoms with Crippen molar-refractivity contribution in [3.05, 3.63) is 102 Å². The highest BCUT2D eigenvalue weighted by Gasteiger charge is 2.13. The Bertz CT molecular complexity index is 1310. The first-order valence-electron chi connectivity index (χ1n) is 9.56. The van der Waals surface area contributed by atoms with E-state index in [4.69, 9.17) is 9.56 Å². The summed E-state index contributed by atoms with van der Waals surface area (Å²) in [5.41, 5.74) is 3.12. The predicted molar refractivity (Wildman–Crippen MR) is 119 cm³/mol. The minimum absolute atomic E-state index is 0.0346. The molecule has 0 aliphatic carbocycles. The average molecular weight is 433 g/mol. The van der Waals surface area contributed by atoms with E-state index in [1.54, 1.807) is 30.3 Å². The lowest BCUT2D eigenvalue weighted by Gasteiger charge is -2.10. The van der Waals surface area contributed by atoms with Gasteiger partial charge in [-0.3, -0.25) is 4.79 Å². The number of hydrogen-bond acceptors (Lipinski definition) is 4. The lowest BCUT2D eigenvalue weighted by atomic mass is 9.99. The SMILES string of the molecule is NS(=O)(=O)c1ccc(-c2ccc(CNC(=O)c3ccccc3-c3ccccc3)o2)cc1. The van der Waals surface area contributed by atoms with E-state index in [1.165, 1.54) is 12.1 Å². The number of sulfonamides is 1. The molecule has 0 saturated heterocycles. The molecule has 1 amide bonds. The largest absolute Gasteiger partial charge is 0.459 e. The maximum Gasteiger partial charge on any atom is 0.252 e. The maximum atomic E-state index is 12.8. The van der Waals surface area contributed by atoms with Gasteiger partial charge in [-0.1, -0.05) is 48.5 Å². The summed E-state index contributed by atoms with van der Waals surface area (Å²) in [4.78, 5) is 12.8. The highest BCUT2D eigenvalue weighted by Crippen LogP contribution is 2.25. The Morgan fingerprint density at radius 2 is 1.48 bits per heavy atom. The molecule has 6 nitrogen and oxygen atoms in total. The molecule has 0 saturated carbocycles. The molecule has 156 valence electrons. The molecule has 7 heteroatoms. The van der Waals surface area contributed by atoms with Gasteiger partial charge in [0.1, 0.15) is 11.5 Å². The third kappa shape index (κ3) is 4.74. The topological polar surface area (TPSA) is 102 Å². The fourth-order valence-electron chi connectivity index (χ4n) is 3.25. The molecule has 0 bridgehead atoms. The minimum Gasteiger partial charge on any atom is -0.459 e. The first kappa shape index (κ1) is 20.6. The predicted octanol–water partition coefficient (Wildman–Crippen LogP) is 4.19. The molecule has 0 spiro atoms. The number of furan rings is 1. The number of rotatable bonds is 6. The van der Waals surface area contributed by atoms with E-state index in [1.807, 2.05) is 48.5 Å². The van der Waals surface area contributed by atoms with Gasteiger partial charge in [0.25, 0.3) is 5.91 Å². The van der Waals surface area contributed by atoms with Crippen molar-refractivity contribution in [3.63, 3.8) is 0 Å². The van der Waals surface area contributed by atoms with Crippen LogP contribution in [0.2, 0.25) is 0 Å². The molecular formula is C24H20N2O4S. The molecule has 0 radical (unpaired) electrons. The van der Waals surface area contributed by atoms with Crippen LogP contribution in [0.25, 0.3) is 22.5 Å². The standard InChI is InChI=1S/C24H20N2O4S/c25-31(28,29)20-13-10-18(11-14-20)23-15-12-19(30-23)16-26-24(27)22-9-5-4-8-21(22)17-6-2-1-3-7-17/h1-15H,16H2,(H,26,27)(H2,25,28,29). The monoisotopic (exact) mass is 432 g/mol. The summed E-state index contributed by atoms with van der Waals surface area (Å²) >= 11 is 0. The van der Waals surface area contributed by atoms with Crippen molar-refractivity contribution >= 4 is 15.9 Å². The van der Waals surface area contributed by atoms with Gasteiger partial charge in [-0.15, -0.1) is 0 Å². The quantitative estimate of drug-likeness (QED) is 0.477. The molecule has 31 heavy (non-hydrogen) atoms. The molecule has 0 unspecified atom stereocenters. The van der Waals surface area contributed by atoms with Crippen LogP contribution in [0.5, 0.6) is 0 Å². The van der Waals surface area contributed by atoms with Crippen LogP contribution >= 0.6 is 0 Å². The zero-order valence-electron chi connectivity index (χ0n) is 16.5. The van der Waals surface area contributed by atoms with Gasteiger partial charge in [-0.05, 0) is 53.6 Å². The van der Waals surface area contributed by atoms with Crippen molar-refractivity contribution in [2.75, 3.05) is 0 Å². The Labute approximate surface area is 180 Å². The summed E-state index contributed by atoms with van der Waals surface area (Å²) in [6.07, 6.45) is 0. The average Bonchev–Trinajstić information content (AvgIpc) is 3.27. The number of carbonyl (C=O) groups is 1. The van der Waals surface area contributed by atoms with E-state index < -0.39 is 10.0 Å². The second-order valence-electron chi connectivity index (χ2n) is 6.93. The lowest BCUT2D eigenvalue weighted by Crippen LogP contribution is -2.23. The van der Waals surface area contributed by atoms with Crippen LogP contribution in [0, 0.1) is 0 Å². The van der Waals surface area contributed by atoms with Crippen LogP contribution in [-0.4, -0.2) is 14.3 Å². The van der Waals surface area contributed by atoms with Crippen LogP contribution in [0.1, 0.15) is 16.1 Å². The smallest absolute Gasteiger partial charge is 0.252 e. The van der Waals surface area contributed by atoms with E-state index in [2.05, 4.69) is 5.32 Å².